The number of hydrazine groups is 1. The predicted molar refractivity (Wildman–Crippen MR) is 52.4 cm³/mol. The SMILES string of the molecule is CNN/C=N/NC(=O)c1ccncc1. The van der Waals surface area contributed by atoms with E-state index in [2.05, 4.69) is 26.4 Å². The molecule has 1 aromatic heterocycles. The van der Waals surface area contributed by atoms with Crippen molar-refractivity contribution in [1.82, 2.24) is 21.3 Å². The first-order valence-corrected chi connectivity index (χ1v) is 3.99. The van der Waals surface area contributed by atoms with E-state index in [0.29, 0.717) is 5.56 Å². The molecule has 0 aliphatic heterocycles. The number of pyridine rings is 1. The fourth-order valence-electron chi connectivity index (χ4n) is 0.756. The van der Waals surface area contributed by atoms with E-state index in [1.54, 1.807) is 31.6 Å². The molecule has 6 nitrogen and oxygen atoms in total. The maximum Gasteiger partial charge on any atom is 0.271 e. The summed E-state index contributed by atoms with van der Waals surface area (Å²) < 4.78 is 0. The Morgan fingerprint density at radius 3 is 2.86 bits per heavy atom. The lowest BCUT2D eigenvalue weighted by atomic mass is 10.3. The van der Waals surface area contributed by atoms with Gasteiger partial charge in [0, 0.05) is 25.0 Å². The highest BCUT2D eigenvalue weighted by molar-refractivity contribution is 5.94. The molecule has 0 bridgehead atoms. The minimum atomic E-state index is -0.276. The van der Waals surface area contributed by atoms with E-state index in [9.17, 15) is 4.79 Å². The van der Waals surface area contributed by atoms with Crippen molar-refractivity contribution in [3.05, 3.63) is 30.1 Å². The van der Waals surface area contributed by atoms with Gasteiger partial charge in [-0.2, -0.15) is 5.10 Å². The molecule has 3 N–H and O–H groups in total. The van der Waals surface area contributed by atoms with E-state index in [4.69, 9.17) is 0 Å². The van der Waals surface area contributed by atoms with Crippen LogP contribution in [0.15, 0.2) is 29.6 Å². The normalized spacial score (nSPS) is 10.1. The first kappa shape index (κ1) is 10.1. The molecule has 74 valence electrons. The van der Waals surface area contributed by atoms with Crippen LogP contribution in [0.5, 0.6) is 0 Å². The topological polar surface area (TPSA) is 78.4 Å². The third kappa shape index (κ3) is 3.20. The van der Waals surface area contributed by atoms with Gasteiger partial charge in [-0.3, -0.25) is 9.78 Å². The monoisotopic (exact) mass is 193 g/mol. The van der Waals surface area contributed by atoms with Crippen LogP contribution in [0.2, 0.25) is 0 Å². The van der Waals surface area contributed by atoms with Crippen LogP contribution in [0.25, 0.3) is 0 Å². The number of hydrogen-bond acceptors (Lipinski definition) is 4. The average Bonchev–Trinajstić information content (AvgIpc) is 2.25. The number of carbonyl (C=O) groups excluding carboxylic acids is 1. The lowest BCUT2D eigenvalue weighted by Gasteiger charge is -1.98. The predicted octanol–water partition coefficient (Wildman–Crippen LogP) is -0.521. The molecule has 0 unspecified atom stereocenters. The summed E-state index contributed by atoms with van der Waals surface area (Å²) in [7, 11) is 1.69. The summed E-state index contributed by atoms with van der Waals surface area (Å²) in [5, 5.41) is 3.62. The van der Waals surface area contributed by atoms with Crippen LogP contribution < -0.4 is 16.3 Å². The van der Waals surface area contributed by atoms with Crippen molar-refractivity contribution in [1.29, 1.82) is 0 Å². The molecule has 0 aromatic carbocycles. The summed E-state index contributed by atoms with van der Waals surface area (Å²) in [6.45, 7) is 0. The molecule has 0 saturated carbocycles. The molecule has 0 aliphatic rings. The third-order valence-electron chi connectivity index (χ3n) is 1.38. The fraction of sp³-hybridized carbons (Fsp3) is 0.125. The summed E-state index contributed by atoms with van der Waals surface area (Å²) >= 11 is 0. The van der Waals surface area contributed by atoms with Crippen LogP contribution >= 0.6 is 0 Å². The Hall–Kier alpha value is -1.95. The maximum atomic E-state index is 11.3. The minimum absolute atomic E-state index is 0.276. The molecule has 1 heterocycles. The highest BCUT2D eigenvalue weighted by atomic mass is 16.2. The molecule has 0 aliphatic carbocycles. The van der Waals surface area contributed by atoms with Gasteiger partial charge < -0.3 is 5.43 Å². The standard InChI is InChI=1S/C8H11N5O/c1-9-11-6-12-13-8(14)7-2-4-10-5-3-7/h2-6,9H,1H3,(H,11,12)(H,13,14). The molecule has 1 rings (SSSR count). The van der Waals surface area contributed by atoms with Crippen LogP contribution in [-0.4, -0.2) is 24.3 Å². The van der Waals surface area contributed by atoms with Crippen molar-refractivity contribution in [2.75, 3.05) is 7.05 Å². The summed E-state index contributed by atoms with van der Waals surface area (Å²) in [5.74, 6) is -0.276. The van der Waals surface area contributed by atoms with Gasteiger partial charge in [0.2, 0.25) is 0 Å². The van der Waals surface area contributed by atoms with Gasteiger partial charge in [-0.15, -0.1) is 0 Å². The molecule has 0 saturated heterocycles. The van der Waals surface area contributed by atoms with Crippen molar-refractivity contribution in [3.63, 3.8) is 0 Å². The van der Waals surface area contributed by atoms with Crippen molar-refractivity contribution < 1.29 is 4.79 Å². The Labute approximate surface area is 81.4 Å². The Bertz CT molecular complexity index is 311. The maximum absolute atomic E-state index is 11.3. The lowest BCUT2D eigenvalue weighted by Crippen LogP contribution is -2.28. The van der Waals surface area contributed by atoms with E-state index in [0.717, 1.165) is 0 Å². The highest BCUT2D eigenvalue weighted by Gasteiger charge is 2.01. The van der Waals surface area contributed by atoms with Crippen LogP contribution in [-0.2, 0) is 0 Å². The van der Waals surface area contributed by atoms with Crippen LogP contribution in [0.4, 0.5) is 0 Å². The van der Waals surface area contributed by atoms with Gasteiger partial charge >= 0.3 is 0 Å². The van der Waals surface area contributed by atoms with Gasteiger partial charge in [-0.05, 0) is 12.1 Å². The summed E-state index contributed by atoms with van der Waals surface area (Å²) in [4.78, 5) is 15.1. The fourth-order valence-corrected chi connectivity index (χ4v) is 0.756. The second-order valence-electron chi connectivity index (χ2n) is 2.33. The molecule has 0 fully saturated rings. The molecule has 1 amide bonds. The van der Waals surface area contributed by atoms with Crippen LogP contribution in [0, 0.1) is 0 Å². The van der Waals surface area contributed by atoms with Crippen molar-refractivity contribution >= 4 is 12.2 Å². The number of nitrogens with one attached hydrogen (secondary N) is 3. The van der Waals surface area contributed by atoms with Crippen LogP contribution in [0.1, 0.15) is 10.4 Å². The molecule has 0 spiro atoms. The Morgan fingerprint density at radius 2 is 2.21 bits per heavy atom. The summed E-state index contributed by atoms with van der Waals surface area (Å²) in [5.41, 5.74) is 8.06. The van der Waals surface area contributed by atoms with E-state index in [1.807, 2.05) is 0 Å². The quantitative estimate of drug-likeness (QED) is 0.341. The number of carbonyl (C=O) groups is 1. The molecular formula is C8H11N5O. The average molecular weight is 193 g/mol. The minimum Gasteiger partial charge on any atom is -0.311 e. The van der Waals surface area contributed by atoms with E-state index in [-0.39, 0.29) is 5.91 Å². The van der Waals surface area contributed by atoms with E-state index >= 15 is 0 Å². The number of aromatic nitrogens is 1. The van der Waals surface area contributed by atoms with Gasteiger partial charge in [0.25, 0.3) is 5.91 Å². The molecule has 6 heteroatoms. The Morgan fingerprint density at radius 1 is 1.50 bits per heavy atom. The zero-order valence-corrected chi connectivity index (χ0v) is 7.69. The van der Waals surface area contributed by atoms with E-state index in [1.165, 1.54) is 6.34 Å². The first-order valence-electron chi connectivity index (χ1n) is 3.99. The number of hydrazone groups is 1. The van der Waals surface area contributed by atoms with Crippen molar-refractivity contribution in [2.45, 2.75) is 0 Å². The number of hydrogen-bond donors (Lipinski definition) is 3. The van der Waals surface area contributed by atoms with E-state index < -0.39 is 0 Å². The molecule has 1 aromatic rings. The molecule has 14 heavy (non-hydrogen) atoms. The second kappa shape index (κ2) is 5.65. The second-order valence-corrected chi connectivity index (χ2v) is 2.33. The zero-order valence-electron chi connectivity index (χ0n) is 7.69. The number of nitrogens with zero attached hydrogens (tertiary/aromatic N) is 2. The largest absolute Gasteiger partial charge is 0.311 e. The van der Waals surface area contributed by atoms with Gasteiger partial charge in [0.15, 0.2) is 0 Å². The van der Waals surface area contributed by atoms with Crippen molar-refractivity contribution in [2.24, 2.45) is 5.10 Å². The highest BCUT2D eigenvalue weighted by Crippen LogP contribution is 1.94. The summed E-state index contributed by atoms with van der Waals surface area (Å²) in [6.07, 6.45) is 4.42. The summed E-state index contributed by atoms with van der Waals surface area (Å²) in [6, 6.07) is 3.21. The van der Waals surface area contributed by atoms with Gasteiger partial charge in [0.05, 0.1) is 0 Å². The van der Waals surface area contributed by atoms with Gasteiger partial charge in [-0.1, -0.05) is 0 Å². The number of rotatable bonds is 4. The molecule has 0 radical (unpaired) electrons. The van der Waals surface area contributed by atoms with Gasteiger partial charge in [-0.25, -0.2) is 10.9 Å². The van der Waals surface area contributed by atoms with Crippen LogP contribution in [0.3, 0.4) is 0 Å². The zero-order chi connectivity index (χ0) is 10.2. The Kier molecular flexibility index (Phi) is 4.09. The molecular weight excluding hydrogens is 182 g/mol. The molecule has 0 atom stereocenters. The smallest absolute Gasteiger partial charge is 0.271 e. The lowest BCUT2D eigenvalue weighted by molar-refractivity contribution is 0.0955. The van der Waals surface area contributed by atoms with Crippen molar-refractivity contribution in [3.8, 4) is 0 Å². The third-order valence-corrected chi connectivity index (χ3v) is 1.38. The Balaban J connectivity index is 2.44. The first-order chi connectivity index (χ1) is 6.84. The van der Waals surface area contributed by atoms with Gasteiger partial charge in [0.1, 0.15) is 6.34 Å². The number of amides is 1.